The van der Waals surface area contributed by atoms with Crippen molar-refractivity contribution in [2.75, 3.05) is 5.73 Å². The highest BCUT2D eigenvalue weighted by Crippen LogP contribution is 2.32. The van der Waals surface area contributed by atoms with Crippen LogP contribution in [0.5, 0.6) is 11.5 Å². The van der Waals surface area contributed by atoms with Gasteiger partial charge in [0.2, 0.25) is 10.0 Å². The number of hydrogen-bond donors (Lipinski definition) is 2. The van der Waals surface area contributed by atoms with Crippen LogP contribution in [-0.4, -0.2) is 8.42 Å². The molecule has 0 unspecified atom stereocenters. The molecule has 0 aromatic heterocycles. The average Bonchev–Trinajstić information content (AvgIpc) is 2.36. The lowest BCUT2D eigenvalue weighted by atomic mass is 10.2. The number of halogens is 2. The molecular formula is C13H12F2N2O3S. The monoisotopic (exact) mass is 314 g/mol. The van der Waals surface area contributed by atoms with E-state index >= 15 is 0 Å². The maximum atomic E-state index is 13.1. The molecule has 2 rings (SSSR count). The Balaban J connectivity index is 2.49. The molecule has 0 aliphatic rings. The minimum atomic E-state index is -3.98. The molecule has 21 heavy (non-hydrogen) atoms. The van der Waals surface area contributed by atoms with Crippen molar-refractivity contribution in [1.82, 2.24) is 0 Å². The van der Waals surface area contributed by atoms with Gasteiger partial charge in [-0.05, 0) is 25.1 Å². The Morgan fingerprint density at radius 1 is 1.10 bits per heavy atom. The van der Waals surface area contributed by atoms with Gasteiger partial charge in [0.15, 0.2) is 11.6 Å². The Morgan fingerprint density at radius 3 is 2.33 bits per heavy atom. The van der Waals surface area contributed by atoms with Gasteiger partial charge in [-0.2, -0.15) is 0 Å². The number of nitrogen functional groups attached to an aromatic ring is 1. The zero-order valence-corrected chi connectivity index (χ0v) is 11.7. The highest BCUT2D eigenvalue weighted by Gasteiger charge is 2.17. The number of sulfonamides is 1. The third kappa shape index (κ3) is 3.29. The summed E-state index contributed by atoms with van der Waals surface area (Å²) in [5, 5.41) is 5.08. The molecule has 0 bridgehead atoms. The van der Waals surface area contributed by atoms with E-state index in [1.807, 2.05) is 0 Å². The summed E-state index contributed by atoms with van der Waals surface area (Å²) in [6, 6.07) is 5.51. The topological polar surface area (TPSA) is 95.4 Å². The van der Waals surface area contributed by atoms with Crippen LogP contribution in [-0.2, 0) is 10.0 Å². The van der Waals surface area contributed by atoms with Crippen LogP contribution in [0.2, 0.25) is 0 Å². The summed E-state index contributed by atoms with van der Waals surface area (Å²) in [6.07, 6.45) is 0. The lowest BCUT2D eigenvalue weighted by molar-refractivity contribution is 0.457. The third-order valence-electron chi connectivity index (χ3n) is 2.76. The number of ether oxygens (including phenoxy) is 1. The fourth-order valence-corrected chi connectivity index (χ4v) is 2.58. The number of rotatable bonds is 3. The maximum Gasteiger partial charge on any atom is 0.238 e. The smallest absolute Gasteiger partial charge is 0.238 e. The molecule has 5 nitrogen and oxygen atoms in total. The molecule has 112 valence electrons. The molecular weight excluding hydrogens is 302 g/mol. The molecule has 0 aliphatic heterocycles. The zero-order chi connectivity index (χ0) is 15.8. The van der Waals surface area contributed by atoms with Gasteiger partial charge in [0, 0.05) is 23.4 Å². The maximum absolute atomic E-state index is 13.1. The largest absolute Gasteiger partial charge is 0.457 e. The van der Waals surface area contributed by atoms with Crippen LogP contribution < -0.4 is 15.6 Å². The highest BCUT2D eigenvalue weighted by atomic mass is 32.2. The molecule has 0 spiro atoms. The predicted octanol–water partition coefficient (Wildman–Crippen LogP) is 2.30. The van der Waals surface area contributed by atoms with E-state index in [-0.39, 0.29) is 27.6 Å². The first-order chi connectivity index (χ1) is 9.68. The van der Waals surface area contributed by atoms with Crippen molar-refractivity contribution in [3.05, 3.63) is 47.5 Å². The average molecular weight is 314 g/mol. The van der Waals surface area contributed by atoms with Gasteiger partial charge < -0.3 is 10.5 Å². The van der Waals surface area contributed by atoms with Gasteiger partial charge in [-0.3, -0.25) is 0 Å². The Hall–Kier alpha value is -2.19. The van der Waals surface area contributed by atoms with Crippen LogP contribution in [0.3, 0.4) is 0 Å². The van der Waals surface area contributed by atoms with Crippen molar-refractivity contribution >= 4 is 15.7 Å². The first kappa shape index (κ1) is 15.2. The number of nitrogens with two attached hydrogens (primary N) is 2. The van der Waals surface area contributed by atoms with Crippen LogP contribution in [0, 0.1) is 18.6 Å². The van der Waals surface area contributed by atoms with Gasteiger partial charge in [0.1, 0.15) is 11.5 Å². The summed E-state index contributed by atoms with van der Waals surface area (Å²) in [5.74, 6) is -2.01. The Labute approximate surface area is 120 Å². The fourth-order valence-electron chi connectivity index (χ4n) is 1.75. The van der Waals surface area contributed by atoms with Crippen molar-refractivity contribution < 1.29 is 21.9 Å². The van der Waals surface area contributed by atoms with E-state index < -0.39 is 21.7 Å². The van der Waals surface area contributed by atoms with Gasteiger partial charge in [-0.1, -0.05) is 0 Å². The van der Waals surface area contributed by atoms with Crippen molar-refractivity contribution in [3.8, 4) is 11.5 Å². The molecule has 4 N–H and O–H groups in total. The molecule has 0 radical (unpaired) electrons. The first-order valence-corrected chi connectivity index (χ1v) is 7.29. The van der Waals surface area contributed by atoms with E-state index in [4.69, 9.17) is 15.6 Å². The van der Waals surface area contributed by atoms with Gasteiger partial charge in [-0.25, -0.2) is 22.3 Å². The van der Waals surface area contributed by atoms with E-state index in [2.05, 4.69) is 0 Å². The van der Waals surface area contributed by atoms with Gasteiger partial charge in [-0.15, -0.1) is 0 Å². The number of anilines is 1. The summed E-state index contributed by atoms with van der Waals surface area (Å²) < 4.78 is 54.3. The minimum absolute atomic E-state index is 0.00275. The molecule has 0 saturated carbocycles. The van der Waals surface area contributed by atoms with Crippen molar-refractivity contribution in [2.24, 2.45) is 5.14 Å². The second-order valence-electron chi connectivity index (χ2n) is 4.37. The quantitative estimate of drug-likeness (QED) is 0.850. The lowest BCUT2D eigenvalue weighted by Gasteiger charge is -2.13. The van der Waals surface area contributed by atoms with Crippen molar-refractivity contribution in [2.45, 2.75) is 11.8 Å². The van der Waals surface area contributed by atoms with Gasteiger partial charge in [0.05, 0.1) is 4.90 Å². The summed E-state index contributed by atoms with van der Waals surface area (Å²) in [4.78, 5) is -0.194. The molecule has 2 aromatic rings. The summed E-state index contributed by atoms with van der Waals surface area (Å²) in [7, 11) is -3.98. The molecule has 0 heterocycles. The van der Waals surface area contributed by atoms with Crippen molar-refractivity contribution in [1.29, 1.82) is 0 Å². The highest BCUT2D eigenvalue weighted by molar-refractivity contribution is 7.89. The summed E-state index contributed by atoms with van der Waals surface area (Å²) in [6.45, 7) is 1.47. The summed E-state index contributed by atoms with van der Waals surface area (Å²) >= 11 is 0. The SMILES string of the molecule is Cc1c(Oc2ccc(F)c(F)c2)cc(N)cc1S(N)(=O)=O. The molecule has 0 atom stereocenters. The molecule has 0 amide bonds. The van der Waals surface area contributed by atoms with Crippen LogP contribution in [0.25, 0.3) is 0 Å². The van der Waals surface area contributed by atoms with Gasteiger partial charge >= 0.3 is 0 Å². The van der Waals surface area contributed by atoms with E-state index in [0.717, 1.165) is 12.1 Å². The molecule has 0 aliphatic carbocycles. The van der Waals surface area contributed by atoms with Crippen LogP contribution in [0.4, 0.5) is 14.5 Å². The van der Waals surface area contributed by atoms with E-state index in [1.54, 1.807) is 0 Å². The number of benzene rings is 2. The standard InChI is InChI=1S/C13H12F2N2O3S/c1-7-12(4-8(16)5-13(7)21(17,18)19)20-9-2-3-10(14)11(15)6-9/h2-6H,16H2,1H3,(H2,17,18,19). The first-order valence-electron chi connectivity index (χ1n) is 5.74. The van der Waals surface area contributed by atoms with Crippen LogP contribution in [0.15, 0.2) is 35.2 Å². The lowest BCUT2D eigenvalue weighted by Crippen LogP contribution is -2.14. The third-order valence-corrected chi connectivity index (χ3v) is 3.80. The second kappa shape index (κ2) is 5.30. The van der Waals surface area contributed by atoms with Crippen LogP contribution in [0.1, 0.15) is 5.56 Å². The van der Waals surface area contributed by atoms with E-state index in [0.29, 0.717) is 0 Å². The van der Waals surface area contributed by atoms with E-state index in [1.165, 1.54) is 25.1 Å². The normalized spacial score (nSPS) is 11.4. The van der Waals surface area contributed by atoms with Crippen LogP contribution >= 0.6 is 0 Å². The van der Waals surface area contributed by atoms with Crippen molar-refractivity contribution in [3.63, 3.8) is 0 Å². The Bertz CT molecular complexity index is 807. The number of primary sulfonamides is 1. The Morgan fingerprint density at radius 2 is 1.76 bits per heavy atom. The van der Waals surface area contributed by atoms with Gasteiger partial charge in [0.25, 0.3) is 0 Å². The number of hydrogen-bond acceptors (Lipinski definition) is 4. The Kier molecular flexibility index (Phi) is 3.84. The second-order valence-corrected chi connectivity index (χ2v) is 5.90. The molecule has 2 aromatic carbocycles. The minimum Gasteiger partial charge on any atom is -0.457 e. The molecule has 0 saturated heterocycles. The summed E-state index contributed by atoms with van der Waals surface area (Å²) in [5.41, 5.74) is 5.93. The molecule has 8 heteroatoms. The zero-order valence-electron chi connectivity index (χ0n) is 10.9. The fraction of sp³-hybridized carbons (Fsp3) is 0.0769. The predicted molar refractivity (Wildman–Crippen MR) is 73.4 cm³/mol. The molecule has 0 fully saturated rings. The van der Waals surface area contributed by atoms with E-state index in [9.17, 15) is 17.2 Å².